The number of nitrogens with zero attached hydrogens (tertiary/aromatic N) is 3. The van der Waals surface area contributed by atoms with Gasteiger partial charge in [0.2, 0.25) is 4.96 Å². The Morgan fingerprint density at radius 3 is 2.77 bits per heavy atom. The number of carbonyl (C=O) groups excluding carboxylic acids is 1. The van der Waals surface area contributed by atoms with E-state index in [-0.39, 0.29) is 23.4 Å². The lowest BCUT2D eigenvalue weighted by Gasteiger charge is -2.11. The van der Waals surface area contributed by atoms with Gasteiger partial charge in [0, 0.05) is 11.0 Å². The van der Waals surface area contributed by atoms with Gasteiger partial charge in [-0.25, -0.2) is 4.98 Å². The largest absolute Gasteiger partial charge is 0.458 e. The summed E-state index contributed by atoms with van der Waals surface area (Å²) in [6.45, 7) is 5.77. The molecule has 3 rings (SSSR count). The number of aromatic nitrogens is 3. The number of benzene rings is 1. The highest BCUT2D eigenvalue weighted by Gasteiger charge is 2.17. The molecule has 0 aliphatic carbocycles. The number of esters is 1. The van der Waals surface area contributed by atoms with Crippen molar-refractivity contribution < 1.29 is 9.53 Å². The van der Waals surface area contributed by atoms with Crippen molar-refractivity contribution >= 4 is 34.0 Å². The molecule has 0 spiro atoms. The first kappa shape index (κ1) is 18.6. The second-order valence-electron chi connectivity index (χ2n) is 5.81. The summed E-state index contributed by atoms with van der Waals surface area (Å²) in [5.74, 6) is -0.337. The zero-order chi connectivity index (χ0) is 18.7. The molecule has 0 N–H and O–H groups in total. The number of thioether (sulfide) groups is 1. The number of rotatable bonds is 6. The van der Waals surface area contributed by atoms with Crippen LogP contribution in [0.25, 0.3) is 4.96 Å². The molecule has 1 unspecified atom stereocenters. The van der Waals surface area contributed by atoms with Crippen molar-refractivity contribution in [2.24, 2.45) is 0 Å². The molecular formula is C18H19N3O3S2. The number of fused-ring (bicyclic) bond motifs is 1. The third-order valence-electron chi connectivity index (χ3n) is 3.67. The summed E-state index contributed by atoms with van der Waals surface area (Å²) >= 11 is 2.80. The summed E-state index contributed by atoms with van der Waals surface area (Å²) < 4.78 is 6.62. The first-order valence-corrected chi connectivity index (χ1v) is 9.94. The molecule has 0 saturated carbocycles. The fourth-order valence-corrected chi connectivity index (χ4v) is 3.97. The SMILES string of the molecule is CCc1nn2c(=O)cc(COC(=O)C(C)Sc3ccc(C)cc3)nc2s1. The first-order valence-electron chi connectivity index (χ1n) is 8.25. The number of ether oxygens (including phenoxy) is 1. The molecule has 0 fully saturated rings. The van der Waals surface area contributed by atoms with Gasteiger partial charge in [-0.1, -0.05) is 36.0 Å². The van der Waals surface area contributed by atoms with Crippen LogP contribution in [-0.2, 0) is 22.6 Å². The first-order chi connectivity index (χ1) is 12.5. The van der Waals surface area contributed by atoms with Gasteiger partial charge < -0.3 is 4.74 Å². The third-order valence-corrected chi connectivity index (χ3v) is 5.81. The van der Waals surface area contributed by atoms with Crippen LogP contribution in [0, 0.1) is 6.92 Å². The maximum Gasteiger partial charge on any atom is 0.319 e. The van der Waals surface area contributed by atoms with Crippen molar-refractivity contribution in [2.75, 3.05) is 0 Å². The molecule has 0 bridgehead atoms. The van der Waals surface area contributed by atoms with Crippen LogP contribution in [0.4, 0.5) is 0 Å². The average molecular weight is 390 g/mol. The van der Waals surface area contributed by atoms with Gasteiger partial charge in [0.1, 0.15) is 16.9 Å². The van der Waals surface area contributed by atoms with Crippen molar-refractivity contribution in [1.82, 2.24) is 14.6 Å². The summed E-state index contributed by atoms with van der Waals surface area (Å²) in [5.41, 5.74) is 1.34. The highest BCUT2D eigenvalue weighted by atomic mass is 32.2. The predicted octanol–water partition coefficient (Wildman–Crippen LogP) is 3.25. The van der Waals surface area contributed by atoms with Gasteiger partial charge in [-0.2, -0.15) is 9.61 Å². The second kappa shape index (κ2) is 8.01. The Balaban J connectivity index is 1.64. The van der Waals surface area contributed by atoms with Crippen molar-refractivity contribution in [3.05, 3.63) is 57.0 Å². The minimum absolute atomic E-state index is 0.0251. The van der Waals surface area contributed by atoms with Crippen LogP contribution in [0.2, 0.25) is 0 Å². The van der Waals surface area contributed by atoms with E-state index in [1.165, 1.54) is 39.2 Å². The van der Waals surface area contributed by atoms with E-state index in [0.29, 0.717) is 10.7 Å². The molecule has 26 heavy (non-hydrogen) atoms. The van der Waals surface area contributed by atoms with E-state index in [1.54, 1.807) is 6.92 Å². The Morgan fingerprint density at radius 1 is 1.35 bits per heavy atom. The maximum atomic E-state index is 12.2. The van der Waals surface area contributed by atoms with Crippen LogP contribution in [0.3, 0.4) is 0 Å². The average Bonchev–Trinajstić information content (AvgIpc) is 3.05. The monoisotopic (exact) mass is 389 g/mol. The molecule has 2 heterocycles. The van der Waals surface area contributed by atoms with Gasteiger partial charge >= 0.3 is 5.97 Å². The minimum atomic E-state index is -0.349. The number of carbonyl (C=O) groups is 1. The van der Waals surface area contributed by atoms with Crippen molar-refractivity contribution in [1.29, 1.82) is 0 Å². The standard InChI is InChI=1S/C18H19N3O3S2/c1-4-15-20-21-16(22)9-13(19-18(21)26-15)10-24-17(23)12(3)25-14-7-5-11(2)6-8-14/h5-9,12H,4,10H2,1-3H3. The van der Waals surface area contributed by atoms with E-state index >= 15 is 0 Å². The summed E-state index contributed by atoms with van der Waals surface area (Å²) in [6, 6.07) is 9.33. The topological polar surface area (TPSA) is 73.6 Å². The summed E-state index contributed by atoms with van der Waals surface area (Å²) in [6.07, 6.45) is 0.742. The highest BCUT2D eigenvalue weighted by Crippen LogP contribution is 2.24. The smallest absolute Gasteiger partial charge is 0.319 e. The molecule has 1 aromatic carbocycles. The van der Waals surface area contributed by atoms with Crippen molar-refractivity contribution in [3.8, 4) is 0 Å². The Bertz CT molecular complexity index is 980. The van der Waals surface area contributed by atoms with E-state index in [0.717, 1.165) is 16.3 Å². The maximum absolute atomic E-state index is 12.2. The number of hydrogen-bond acceptors (Lipinski definition) is 7. The Morgan fingerprint density at radius 2 is 2.08 bits per heavy atom. The van der Waals surface area contributed by atoms with E-state index in [2.05, 4.69) is 10.1 Å². The van der Waals surface area contributed by atoms with Crippen LogP contribution >= 0.6 is 23.1 Å². The molecular weight excluding hydrogens is 370 g/mol. The van der Waals surface area contributed by atoms with Crippen LogP contribution < -0.4 is 5.56 Å². The van der Waals surface area contributed by atoms with Crippen LogP contribution in [0.15, 0.2) is 40.0 Å². The summed E-state index contributed by atoms with van der Waals surface area (Å²) in [4.78, 5) is 30.2. The van der Waals surface area contributed by atoms with Gasteiger partial charge in [-0.15, -0.1) is 11.8 Å². The zero-order valence-electron chi connectivity index (χ0n) is 14.8. The van der Waals surface area contributed by atoms with Crippen molar-refractivity contribution in [2.45, 2.75) is 43.9 Å². The van der Waals surface area contributed by atoms with E-state index in [4.69, 9.17) is 4.74 Å². The fourth-order valence-electron chi connectivity index (χ4n) is 2.24. The fraction of sp³-hybridized carbons (Fsp3) is 0.333. The summed E-state index contributed by atoms with van der Waals surface area (Å²) in [5, 5.41) is 4.69. The van der Waals surface area contributed by atoms with E-state index in [9.17, 15) is 9.59 Å². The number of aryl methyl sites for hydroxylation is 2. The Hall–Kier alpha value is -2.19. The highest BCUT2D eigenvalue weighted by molar-refractivity contribution is 8.00. The molecule has 0 saturated heterocycles. The molecule has 0 aliphatic heterocycles. The van der Waals surface area contributed by atoms with Gasteiger partial charge in [-0.05, 0) is 32.4 Å². The quantitative estimate of drug-likeness (QED) is 0.476. The molecule has 2 aromatic heterocycles. The van der Waals surface area contributed by atoms with E-state index in [1.807, 2.05) is 38.1 Å². The van der Waals surface area contributed by atoms with Crippen LogP contribution in [-0.4, -0.2) is 25.8 Å². The van der Waals surface area contributed by atoms with Crippen molar-refractivity contribution in [3.63, 3.8) is 0 Å². The van der Waals surface area contributed by atoms with Gasteiger partial charge in [0.15, 0.2) is 0 Å². The Labute approximate surface area is 159 Å². The van der Waals surface area contributed by atoms with Crippen LogP contribution in [0.5, 0.6) is 0 Å². The summed E-state index contributed by atoms with van der Waals surface area (Å²) in [7, 11) is 0. The molecule has 1 atom stereocenters. The minimum Gasteiger partial charge on any atom is -0.458 e. The van der Waals surface area contributed by atoms with Crippen LogP contribution in [0.1, 0.15) is 30.1 Å². The normalized spacial score (nSPS) is 12.3. The third kappa shape index (κ3) is 4.31. The molecule has 3 aromatic rings. The lowest BCUT2D eigenvalue weighted by Crippen LogP contribution is -2.19. The van der Waals surface area contributed by atoms with Gasteiger partial charge in [0.25, 0.3) is 5.56 Å². The zero-order valence-corrected chi connectivity index (χ0v) is 16.4. The molecule has 8 heteroatoms. The predicted molar refractivity (Wildman–Crippen MR) is 103 cm³/mol. The molecule has 0 amide bonds. The lowest BCUT2D eigenvalue weighted by atomic mass is 10.2. The molecule has 6 nitrogen and oxygen atoms in total. The molecule has 136 valence electrons. The Kier molecular flexibility index (Phi) is 5.73. The second-order valence-corrected chi connectivity index (χ2v) is 8.27. The lowest BCUT2D eigenvalue weighted by molar-refractivity contribution is -0.144. The molecule has 0 radical (unpaired) electrons. The van der Waals surface area contributed by atoms with E-state index < -0.39 is 0 Å². The van der Waals surface area contributed by atoms with Gasteiger partial charge in [-0.3, -0.25) is 9.59 Å². The number of hydrogen-bond donors (Lipinski definition) is 0. The van der Waals surface area contributed by atoms with Gasteiger partial charge in [0.05, 0.1) is 5.69 Å². The molecule has 0 aliphatic rings.